The van der Waals surface area contributed by atoms with E-state index in [1.807, 2.05) is 18.2 Å². The van der Waals surface area contributed by atoms with Gasteiger partial charge in [0.1, 0.15) is 11.6 Å². The molecule has 2 atom stereocenters. The lowest BCUT2D eigenvalue weighted by atomic mass is 9.81. The number of piperidine rings is 1. The molecule has 152 valence electrons. The Labute approximate surface area is 168 Å². The Morgan fingerprint density at radius 2 is 2.10 bits per heavy atom. The Bertz CT molecular complexity index is 921. The van der Waals surface area contributed by atoms with Crippen LogP contribution in [0.5, 0.6) is 0 Å². The molecule has 3 aromatic rings. The van der Waals surface area contributed by atoms with Crippen molar-refractivity contribution in [2.24, 2.45) is 11.8 Å². The van der Waals surface area contributed by atoms with Crippen LogP contribution in [0.4, 0.5) is 4.39 Å². The summed E-state index contributed by atoms with van der Waals surface area (Å²) in [5.41, 5.74) is 1.64. The monoisotopic (exact) mass is 397 g/mol. The number of nitrogens with zero attached hydrogens (tertiary/aromatic N) is 1. The van der Waals surface area contributed by atoms with Crippen molar-refractivity contribution < 1.29 is 18.1 Å². The van der Waals surface area contributed by atoms with Crippen LogP contribution in [0.25, 0.3) is 11.3 Å². The van der Waals surface area contributed by atoms with Gasteiger partial charge in [-0.1, -0.05) is 5.16 Å². The Balaban J connectivity index is 1.35. The molecule has 0 bridgehead atoms. The summed E-state index contributed by atoms with van der Waals surface area (Å²) in [5, 5.41) is 10.5. The van der Waals surface area contributed by atoms with Crippen molar-refractivity contribution in [2.45, 2.75) is 25.8 Å². The number of benzene rings is 1. The number of hydrogen-bond acceptors (Lipinski definition) is 5. The van der Waals surface area contributed by atoms with E-state index >= 15 is 0 Å². The smallest absolute Gasteiger partial charge is 0.220 e. The van der Waals surface area contributed by atoms with Crippen LogP contribution >= 0.6 is 0 Å². The van der Waals surface area contributed by atoms with E-state index in [-0.39, 0.29) is 17.6 Å². The van der Waals surface area contributed by atoms with E-state index in [0.717, 1.165) is 42.9 Å². The maximum Gasteiger partial charge on any atom is 0.220 e. The highest BCUT2D eigenvalue weighted by Crippen LogP contribution is 2.28. The maximum absolute atomic E-state index is 13.1. The van der Waals surface area contributed by atoms with Crippen molar-refractivity contribution >= 4 is 5.91 Å². The van der Waals surface area contributed by atoms with Gasteiger partial charge in [-0.2, -0.15) is 0 Å². The van der Waals surface area contributed by atoms with Crippen molar-refractivity contribution in [3.8, 4) is 11.3 Å². The third kappa shape index (κ3) is 5.12. The highest BCUT2D eigenvalue weighted by atomic mass is 19.1. The first-order valence-corrected chi connectivity index (χ1v) is 9.88. The van der Waals surface area contributed by atoms with Gasteiger partial charge in [-0.3, -0.25) is 4.79 Å². The van der Waals surface area contributed by atoms with Gasteiger partial charge in [-0.25, -0.2) is 4.39 Å². The minimum atomic E-state index is -0.282. The fraction of sp³-hybridized carbons (Fsp3) is 0.364. The Morgan fingerprint density at radius 3 is 2.90 bits per heavy atom. The summed E-state index contributed by atoms with van der Waals surface area (Å²) in [7, 11) is 0. The highest BCUT2D eigenvalue weighted by molar-refractivity contribution is 5.76. The average Bonchev–Trinajstić information content (AvgIpc) is 3.41. The largest absolute Gasteiger partial charge is 0.467 e. The molecule has 1 fully saturated rings. The number of furan rings is 1. The normalized spacial score (nSPS) is 19.2. The second kappa shape index (κ2) is 9.05. The molecule has 1 aliphatic heterocycles. The zero-order valence-electron chi connectivity index (χ0n) is 16.1. The van der Waals surface area contributed by atoms with Crippen LogP contribution in [0, 0.1) is 17.7 Å². The van der Waals surface area contributed by atoms with Gasteiger partial charge < -0.3 is 19.6 Å². The number of carbonyl (C=O) groups excluding carboxylic acids is 1. The molecule has 4 rings (SSSR count). The fourth-order valence-electron chi connectivity index (χ4n) is 3.82. The van der Waals surface area contributed by atoms with Crippen molar-refractivity contribution in [3.05, 3.63) is 66.0 Å². The predicted octanol–water partition coefficient (Wildman–Crippen LogP) is 3.55. The summed E-state index contributed by atoms with van der Waals surface area (Å²) < 4.78 is 23.8. The van der Waals surface area contributed by atoms with Crippen LogP contribution in [-0.4, -0.2) is 24.2 Å². The quantitative estimate of drug-likeness (QED) is 0.637. The van der Waals surface area contributed by atoms with Crippen LogP contribution in [0.1, 0.15) is 24.3 Å². The number of halogens is 1. The fourth-order valence-corrected chi connectivity index (χ4v) is 3.82. The number of hydrogen-bond donors (Lipinski definition) is 2. The minimum absolute atomic E-state index is 0.0328. The summed E-state index contributed by atoms with van der Waals surface area (Å²) in [5.74, 6) is 1.69. The molecule has 0 aliphatic carbocycles. The second-order valence-corrected chi connectivity index (χ2v) is 7.47. The first kappa shape index (κ1) is 19.4. The summed E-state index contributed by atoms with van der Waals surface area (Å²) in [6, 6.07) is 11.7. The Morgan fingerprint density at radius 1 is 1.24 bits per heavy atom. The second-order valence-electron chi connectivity index (χ2n) is 7.47. The molecule has 1 aliphatic rings. The molecule has 0 unspecified atom stereocenters. The SMILES string of the molecule is O=C(C[C@H]1CCNC[C@@H]1Cc1cc(-c2ccc(F)cc2)on1)NCc1ccco1. The van der Waals surface area contributed by atoms with Crippen LogP contribution in [0.15, 0.2) is 57.7 Å². The molecule has 2 aromatic heterocycles. The predicted molar refractivity (Wildman–Crippen MR) is 105 cm³/mol. The summed E-state index contributed by atoms with van der Waals surface area (Å²) >= 11 is 0. The van der Waals surface area contributed by atoms with Crippen molar-refractivity contribution in [1.29, 1.82) is 0 Å². The molecule has 1 amide bonds. The van der Waals surface area contributed by atoms with Crippen LogP contribution in [0.3, 0.4) is 0 Å². The molecular weight excluding hydrogens is 373 g/mol. The first-order valence-electron chi connectivity index (χ1n) is 9.88. The molecular formula is C22H24FN3O3. The van der Waals surface area contributed by atoms with E-state index in [4.69, 9.17) is 8.94 Å². The zero-order chi connectivity index (χ0) is 20.1. The number of aromatic nitrogens is 1. The molecule has 6 nitrogen and oxygen atoms in total. The number of amides is 1. The first-order chi connectivity index (χ1) is 14.2. The lowest BCUT2D eigenvalue weighted by Gasteiger charge is -2.31. The van der Waals surface area contributed by atoms with Crippen molar-refractivity contribution in [3.63, 3.8) is 0 Å². The lowest BCUT2D eigenvalue weighted by Crippen LogP contribution is -2.40. The summed E-state index contributed by atoms with van der Waals surface area (Å²) in [6.45, 7) is 2.16. The van der Waals surface area contributed by atoms with Gasteiger partial charge in [0.25, 0.3) is 0 Å². The topological polar surface area (TPSA) is 80.3 Å². The third-order valence-electron chi connectivity index (χ3n) is 5.41. The van der Waals surface area contributed by atoms with Crippen molar-refractivity contribution in [1.82, 2.24) is 15.8 Å². The number of carbonyl (C=O) groups is 1. The summed E-state index contributed by atoms with van der Waals surface area (Å²) in [6.07, 6.45) is 3.76. The van der Waals surface area contributed by atoms with E-state index < -0.39 is 0 Å². The van der Waals surface area contributed by atoms with Crippen LogP contribution < -0.4 is 10.6 Å². The summed E-state index contributed by atoms with van der Waals surface area (Å²) in [4.78, 5) is 12.4. The molecule has 0 spiro atoms. The van der Waals surface area contributed by atoms with E-state index in [2.05, 4.69) is 15.8 Å². The molecule has 1 aromatic carbocycles. The molecule has 3 heterocycles. The zero-order valence-corrected chi connectivity index (χ0v) is 16.1. The molecule has 7 heteroatoms. The van der Waals surface area contributed by atoms with Crippen molar-refractivity contribution in [2.75, 3.05) is 13.1 Å². The van der Waals surface area contributed by atoms with Gasteiger partial charge in [0.05, 0.1) is 18.5 Å². The van der Waals surface area contributed by atoms with E-state index in [1.54, 1.807) is 18.4 Å². The van der Waals surface area contributed by atoms with Gasteiger partial charge in [0, 0.05) is 18.1 Å². The Kier molecular flexibility index (Phi) is 6.05. The van der Waals surface area contributed by atoms with Gasteiger partial charge in [0.2, 0.25) is 5.91 Å². The Hall–Kier alpha value is -2.93. The molecule has 29 heavy (non-hydrogen) atoms. The number of rotatable bonds is 7. The molecule has 1 saturated heterocycles. The molecule has 2 N–H and O–H groups in total. The van der Waals surface area contributed by atoms with Gasteiger partial charge in [-0.05, 0) is 74.2 Å². The van der Waals surface area contributed by atoms with Gasteiger partial charge >= 0.3 is 0 Å². The lowest BCUT2D eigenvalue weighted by molar-refractivity contribution is -0.122. The third-order valence-corrected chi connectivity index (χ3v) is 5.41. The highest BCUT2D eigenvalue weighted by Gasteiger charge is 2.28. The van der Waals surface area contributed by atoms with Gasteiger partial charge in [-0.15, -0.1) is 0 Å². The van der Waals surface area contributed by atoms with E-state index in [9.17, 15) is 9.18 Å². The van der Waals surface area contributed by atoms with Crippen LogP contribution in [0.2, 0.25) is 0 Å². The van der Waals surface area contributed by atoms with E-state index in [1.165, 1.54) is 12.1 Å². The maximum atomic E-state index is 13.1. The van der Waals surface area contributed by atoms with Crippen LogP contribution in [-0.2, 0) is 17.8 Å². The minimum Gasteiger partial charge on any atom is -0.467 e. The van der Waals surface area contributed by atoms with E-state index in [0.29, 0.717) is 24.6 Å². The molecule has 0 radical (unpaired) electrons. The number of nitrogens with one attached hydrogen (secondary N) is 2. The molecule has 0 saturated carbocycles. The standard InChI is InChI=1S/C22H24FN3O3/c23-18-5-3-15(4-6-18)21-12-19(26-29-21)10-17-13-24-8-7-16(17)11-22(27)25-14-20-2-1-9-28-20/h1-6,9,12,16-17,24H,7-8,10-11,13-14H2,(H,25,27)/t16-,17+/m1/s1. The van der Waals surface area contributed by atoms with Gasteiger partial charge in [0.15, 0.2) is 5.76 Å². The average molecular weight is 397 g/mol.